The van der Waals surface area contributed by atoms with Gasteiger partial charge in [-0.3, -0.25) is 9.59 Å². The van der Waals surface area contributed by atoms with Crippen LogP contribution >= 0.6 is 0 Å². The molecule has 0 radical (unpaired) electrons. The first-order valence-corrected chi connectivity index (χ1v) is 4.85. The number of carbonyl (C=O) groups excluding carboxylic acids is 2. The summed E-state index contributed by atoms with van der Waals surface area (Å²) in [4.78, 5) is 21.0. The van der Waals surface area contributed by atoms with Gasteiger partial charge in [0.05, 0.1) is 0 Å². The molecule has 0 fully saturated rings. The summed E-state index contributed by atoms with van der Waals surface area (Å²) in [6.07, 6.45) is 3.05. The molecule has 5 heteroatoms. The fourth-order valence-corrected chi connectivity index (χ4v) is 1.10. The highest BCUT2D eigenvalue weighted by Crippen LogP contribution is 2.00. The average molecular weight is 219 g/mol. The van der Waals surface area contributed by atoms with Gasteiger partial charge < -0.3 is 5.73 Å². The Balaban J connectivity index is 2.23. The Morgan fingerprint density at radius 3 is 2.62 bits per heavy atom. The second kappa shape index (κ2) is 6.34. The molecule has 1 rings (SSSR count). The van der Waals surface area contributed by atoms with Gasteiger partial charge in [-0.2, -0.15) is 5.10 Å². The van der Waals surface area contributed by atoms with Crippen molar-refractivity contribution in [2.45, 2.75) is 12.8 Å². The van der Waals surface area contributed by atoms with Gasteiger partial charge in [-0.25, -0.2) is 5.43 Å². The zero-order valence-corrected chi connectivity index (χ0v) is 8.72. The summed E-state index contributed by atoms with van der Waals surface area (Å²) in [6, 6.07) is 9.89. The van der Waals surface area contributed by atoms with Crippen LogP contribution in [0, 0.1) is 0 Å². The Kier molecular flexibility index (Phi) is 4.72. The van der Waals surface area contributed by atoms with Gasteiger partial charge in [0, 0.05) is 6.21 Å². The fourth-order valence-electron chi connectivity index (χ4n) is 1.10. The van der Waals surface area contributed by atoms with Gasteiger partial charge in [-0.1, -0.05) is 30.3 Å². The highest BCUT2D eigenvalue weighted by Gasteiger charge is 2.04. The van der Waals surface area contributed by atoms with Crippen LogP contribution in [0.2, 0.25) is 0 Å². The molecule has 16 heavy (non-hydrogen) atoms. The van der Waals surface area contributed by atoms with Gasteiger partial charge in [0.25, 0.3) is 0 Å². The van der Waals surface area contributed by atoms with Crippen molar-refractivity contribution in [1.82, 2.24) is 5.43 Å². The Labute approximate surface area is 93.3 Å². The molecule has 0 saturated heterocycles. The largest absolute Gasteiger partial charge is 0.361 e. The van der Waals surface area contributed by atoms with E-state index < -0.39 is 11.8 Å². The minimum Gasteiger partial charge on any atom is -0.361 e. The summed E-state index contributed by atoms with van der Waals surface area (Å²) < 4.78 is 0. The number of hydrazone groups is 1. The van der Waals surface area contributed by atoms with Crippen LogP contribution in [-0.2, 0) is 16.0 Å². The van der Waals surface area contributed by atoms with Crippen molar-refractivity contribution in [3.05, 3.63) is 35.9 Å². The molecule has 5 nitrogen and oxygen atoms in total. The molecule has 0 aliphatic carbocycles. The summed E-state index contributed by atoms with van der Waals surface area (Å²) in [5, 5.41) is 3.58. The third-order valence-electron chi connectivity index (χ3n) is 1.89. The number of amides is 2. The first kappa shape index (κ1) is 11.9. The van der Waals surface area contributed by atoms with E-state index in [1.807, 2.05) is 35.8 Å². The number of benzene rings is 1. The number of nitrogens with one attached hydrogen (secondary N) is 1. The second-order valence-corrected chi connectivity index (χ2v) is 3.14. The Morgan fingerprint density at radius 2 is 2.00 bits per heavy atom. The highest BCUT2D eigenvalue weighted by atomic mass is 16.2. The summed E-state index contributed by atoms with van der Waals surface area (Å²) in [6.45, 7) is 0. The van der Waals surface area contributed by atoms with E-state index in [1.165, 1.54) is 11.8 Å². The van der Waals surface area contributed by atoms with E-state index in [0.717, 1.165) is 6.42 Å². The van der Waals surface area contributed by atoms with Crippen LogP contribution in [0.15, 0.2) is 35.4 Å². The molecule has 0 atom stereocenters. The van der Waals surface area contributed by atoms with Crippen molar-refractivity contribution >= 4 is 18.0 Å². The topological polar surface area (TPSA) is 84.5 Å². The Morgan fingerprint density at radius 1 is 1.31 bits per heavy atom. The van der Waals surface area contributed by atoms with E-state index in [0.29, 0.717) is 6.42 Å². The van der Waals surface area contributed by atoms with Crippen molar-refractivity contribution in [1.29, 1.82) is 0 Å². The van der Waals surface area contributed by atoms with E-state index in [-0.39, 0.29) is 0 Å². The zero-order chi connectivity index (χ0) is 11.8. The predicted octanol–water partition coefficient (Wildman–Crippen LogP) is 0.207. The molecular formula is C11H13N3O2. The SMILES string of the molecule is NC(=O)C(=O)NN=CCCc1ccccc1. The monoisotopic (exact) mass is 219 g/mol. The van der Waals surface area contributed by atoms with Crippen LogP contribution in [0.3, 0.4) is 0 Å². The van der Waals surface area contributed by atoms with Gasteiger partial charge in [-0.05, 0) is 18.4 Å². The lowest BCUT2D eigenvalue weighted by molar-refractivity contribution is -0.137. The lowest BCUT2D eigenvalue weighted by Crippen LogP contribution is -2.32. The molecule has 0 aliphatic heterocycles. The van der Waals surface area contributed by atoms with Gasteiger partial charge in [0.1, 0.15) is 0 Å². The van der Waals surface area contributed by atoms with Crippen LogP contribution < -0.4 is 11.2 Å². The number of primary amides is 1. The molecule has 0 aromatic heterocycles. The van der Waals surface area contributed by atoms with Crippen molar-refractivity contribution in [2.75, 3.05) is 0 Å². The van der Waals surface area contributed by atoms with Gasteiger partial charge >= 0.3 is 11.8 Å². The second-order valence-electron chi connectivity index (χ2n) is 3.14. The first-order chi connectivity index (χ1) is 7.70. The maximum Gasteiger partial charge on any atom is 0.329 e. The first-order valence-electron chi connectivity index (χ1n) is 4.85. The van der Waals surface area contributed by atoms with Crippen LogP contribution in [0.4, 0.5) is 0 Å². The molecular weight excluding hydrogens is 206 g/mol. The van der Waals surface area contributed by atoms with Crippen molar-refractivity contribution in [3.8, 4) is 0 Å². The predicted molar refractivity (Wildman–Crippen MR) is 60.6 cm³/mol. The average Bonchev–Trinajstić information content (AvgIpc) is 2.29. The van der Waals surface area contributed by atoms with Gasteiger partial charge in [0.2, 0.25) is 0 Å². The molecule has 0 bridgehead atoms. The molecule has 1 aromatic rings. The van der Waals surface area contributed by atoms with Crippen molar-refractivity contribution < 1.29 is 9.59 Å². The third-order valence-corrected chi connectivity index (χ3v) is 1.89. The van der Waals surface area contributed by atoms with Crippen LogP contribution in [0.1, 0.15) is 12.0 Å². The van der Waals surface area contributed by atoms with Crippen LogP contribution in [0.5, 0.6) is 0 Å². The van der Waals surface area contributed by atoms with Crippen molar-refractivity contribution in [3.63, 3.8) is 0 Å². The standard InChI is InChI=1S/C11H13N3O2/c12-10(15)11(16)14-13-8-4-7-9-5-2-1-3-6-9/h1-3,5-6,8H,4,7H2,(H2,12,15)(H,14,16). The molecule has 0 unspecified atom stereocenters. The fraction of sp³-hybridized carbons (Fsp3) is 0.182. The normalized spacial score (nSPS) is 10.2. The van der Waals surface area contributed by atoms with E-state index in [2.05, 4.69) is 5.10 Å². The number of carbonyl (C=O) groups is 2. The molecule has 84 valence electrons. The summed E-state index contributed by atoms with van der Waals surface area (Å²) in [5.41, 5.74) is 7.93. The summed E-state index contributed by atoms with van der Waals surface area (Å²) in [5.74, 6) is -1.95. The zero-order valence-electron chi connectivity index (χ0n) is 8.72. The summed E-state index contributed by atoms with van der Waals surface area (Å²) >= 11 is 0. The van der Waals surface area contributed by atoms with E-state index in [9.17, 15) is 9.59 Å². The quantitative estimate of drug-likeness (QED) is 0.431. The lowest BCUT2D eigenvalue weighted by Gasteiger charge is -1.96. The minimum absolute atomic E-state index is 0.684. The van der Waals surface area contributed by atoms with E-state index in [4.69, 9.17) is 5.73 Å². The van der Waals surface area contributed by atoms with Gasteiger partial charge in [-0.15, -0.1) is 0 Å². The van der Waals surface area contributed by atoms with Crippen LogP contribution in [-0.4, -0.2) is 18.0 Å². The van der Waals surface area contributed by atoms with Crippen LogP contribution in [0.25, 0.3) is 0 Å². The molecule has 1 aromatic carbocycles. The molecule has 0 saturated carbocycles. The van der Waals surface area contributed by atoms with E-state index >= 15 is 0 Å². The smallest absolute Gasteiger partial charge is 0.329 e. The number of rotatable bonds is 4. The maximum absolute atomic E-state index is 10.7. The Hall–Kier alpha value is -2.17. The molecule has 0 heterocycles. The lowest BCUT2D eigenvalue weighted by atomic mass is 10.1. The van der Waals surface area contributed by atoms with Crippen molar-refractivity contribution in [2.24, 2.45) is 10.8 Å². The minimum atomic E-state index is -1.04. The molecule has 3 N–H and O–H groups in total. The van der Waals surface area contributed by atoms with Gasteiger partial charge in [0.15, 0.2) is 0 Å². The number of nitrogens with zero attached hydrogens (tertiary/aromatic N) is 1. The number of aryl methyl sites for hydroxylation is 1. The third kappa shape index (κ3) is 4.36. The number of hydrogen-bond acceptors (Lipinski definition) is 3. The number of hydrogen-bond donors (Lipinski definition) is 2. The molecule has 2 amide bonds. The highest BCUT2D eigenvalue weighted by molar-refractivity contribution is 6.34. The molecule has 0 aliphatic rings. The summed E-state index contributed by atoms with van der Waals surface area (Å²) in [7, 11) is 0. The number of nitrogens with two attached hydrogens (primary N) is 1. The molecule has 0 spiro atoms. The maximum atomic E-state index is 10.7. The van der Waals surface area contributed by atoms with E-state index in [1.54, 1.807) is 0 Å². The Bertz CT molecular complexity index is 387.